The van der Waals surface area contributed by atoms with E-state index in [1.807, 2.05) is 36.4 Å². The second kappa shape index (κ2) is 4.77. The first-order valence-electron chi connectivity index (χ1n) is 4.87. The summed E-state index contributed by atoms with van der Waals surface area (Å²) in [5.41, 5.74) is 1.89. The number of rotatable bonds is 2. The molecule has 2 rings (SSSR count). The van der Waals surface area contributed by atoms with Crippen LogP contribution in [0.25, 0.3) is 11.1 Å². The molecular formula is C13H7ClN2O. The quantitative estimate of drug-likeness (QED) is 0.601. The fourth-order valence-corrected chi connectivity index (χ4v) is 1.80. The van der Waals surface area contributed by atoms with Crippen molar-refractivity contribution in [2.24, 2.45) is 0 Å². The largest absolute Gasteiger partial charge is 0.298 e. The molecule has 0 amide bonds. The van der Waals surface area contributed by atoms with Crippen molar-refractivity contribution in [3.05, 3.63) is 52.8 Å². The van der Waals surface area contributed by atoms with Crippen LogP contribution in [0, 0.1) is 11.3 Å². The van der Waals surface area contributed by atoms with Gasteiger partial charge in [0.05, 0.1) is 5.56 Å². The highest BCUT2D eigenvalue weighted by Crippen LogP contribution is 2.29. The van der Waals surface area contributed by atoms with E-state index in [1.165, 1.54) is 6.20 Å². The molecule has 1 aromatic carbocycles. The Kier molecular flexibility index (Phi) is 3.17. The third-order valence-corrected chi connectivity index (χ3v) is 2.65. The standard InChI is InChI=1S/C13H7ClN2O/c14-13-11(6-15)12(10(8-17)7-16-13)9-4-2-1-3-5-9/h1-5,7-8H. The predicted octanol–water partition coefficient (Wildman–Crippen LogP) is 3.09. The van der Waals surface area contributed by atoms with Gasteiger partial charge in [-0.15, -0.1) is 0 Å². The van der Waals surface area contributed by atoms with E-state index in [1.54, 1.807) is 0 Å². The number of carbonyl (C=O) groups is 1. The van der Waals surface area contributed by atoms with Gasteiger partial charge in [-0.1, -0.05) is 41.9 Å². The van der Waals surface area contributed by atoms with Crippen LogP contribution in [0.1, 0.15) is 15.9 Å². The molecule has 1 heterocycles. The predicted molar refractivity (Wildman–Crippen MR) is 64.8 cm³/mol. The summed E-state index contributed by atoms with van der Waals surface area (Å²) in [6.07, 6.45) is 2.05. The van der Waals surface area contributed by atoms with Gasteiger partial charge in [0.15, 0.2) is 6.29 Å². The van der Waals surface area contributed by atoms with Gasteiger partial charge in [0.2, 0.25) is 0 Å². The van der Waals surface area contributed by atoms with Gasteiger partial charge in [-0.05, 0) is 5.56 Å². The molecule has 0 N–H and O–H groups in total. The van der Waals surface area contributed by atoms with E-state index in [2.05, 4.69) is 4.98 Å². The van der Waals surface area contributed by atoms with Crippen LogP contribution in [-0.4, -0.2) is 11.3 Å². The summed E-state index contributed by atoms with van der Waals surface area (Å²) < 4.78 is 0. The van der Waals surface area contributed by atoms with Crippen LogP contribution in [0.4, 0.5) is 0 Å². The summed E-state index contributed by atoms with van der Waals surface area (Å²) >= 11 is 5.86. The normalized spacial score (nSPS) is 9.65. The lowest BCUT2D eigenvalue weighted by atomic mass is 9.98. The molecule has 0 aliphatic rings. The van der Waals surface area contributed by atoms with Gasteiger partial charge < -0.3 is 0 Å². The van der Waals surface area contributed by atoms with Crippen LogP contribution in [0.5, 0.6) is 0 Å². The smallest absolute Gasteiger partial charge is 0.152 e. The lowest BCUT2D eigenvalue weighted by molar-refractivity contribution is 0.112. The van der Waals surface area contributed by atoms with Gasteiger partial charge in [0.25, 0.3) is 0 Å². The Hall–Kier alpha value is -2.18. The molecular weight excluding hydrogens is 236 g/mol. The molecule has 3 nitrogen and oxygen atoms in total. The van der Waals surface area contributed by atoms with E-state index in [9.17, 15) is 4.79 Å². The van der Waals surface area contributed by atoms with Crippen LogP contribution >= 0.6 is 11.6 Å². The molecule has 4 heteroatoms. The Balaban J connectivity index is 2.79. The molecule has 0 radical (unpaired) electrons. The Morgan fingerprint density at radius 2 is 2.00 bits per heavy atom. The van der Waals surface area contributed by atoms with E-state index in [0.717, 1.165) is 5.56 Å². The monoisotopic (exact) mass is 242 g/mol. The van der Waals surface area contributed by atoms with E-state index in [0.29, 0.717) is 17.4 Å². The highest BCUT2D eigenvalue weighted by atomic mass is 35.5. The molecule has 17 heavy (non-hydrogen) atoms. The van der Waals surface area contributed by atoms with Gasteiger partial charge in [-0.25, -0.2) is 4.98 Å². The van der Waals surface area contributed by atoms with Gasteiger partial charge in [0.1, 0.15) is 11.2 Å². The number of benzene rings is 1. The first-order chi connectivity index (χ1) is 8.27. The molecule has 0 aliphatic heterocycles. The summed E-state index contributed by atoms with van der Waals surface area (Å²) in [5.74, 6) is 0. The van der Waals surface area contributed by atoms with Crippen LogP contribution in [0.2, 0.25) is 5.15 Å². The molecule has 0 unspecified atom stereocenters. The number of pyridine rings is 1. The minimum absolute atomic E-state index is 0.108. The van der Waals surface area contributed by atoms with E-state index in [-0.39, 0.29) is 10.7 Å². The molecule has 0 atom stereocenters. The first-order valence-corrected chi connectivity index (χ1v) is 5.25. The molecule has 1 aromatic heterocycles. The summed E-state index contributed by atoms with van der Waals surface area (Å²) in [6, 6.07) is 11.1. The lowest BCUT2D eigenvalue weighted by Gasteiger charge is -2.07. The SMILES string of the molecule is N#Cc1c(Cl)ncc(C=O)c1-c1ccccc1. The molecule has 0 bridgehead atoms. The zero-order valence-corrected chi connectivity index (χ0v) is 9.48. The number of nitrogens with zero attached hydrogens (tertiary/aromatic N) is 2. The third-order valence-electron chi connectivity index (χ3n) is 2.36. The fourth-order valence-electron chi connectivity index (χ4n) is 1.61. The van der Waals surface area contributed by atoms with Crippen molar-refractivity contribution < 1.29 is 4.79 Å². The topological polar surface area (TPSA) is 53.8 Å². The van der Waals surface area contributed by atoms with Crippen molar-refractivity contribution in [3.63, 3.8) is 0 Å². The zero-order chi connectivity index (χ0) is 12.3. The average molecular weight is 243 g/mol. The fraction of sp³-hybridized carbons (Fsp3) is 0. The molecule has 0 aliphatic carbocycles. The van der Waals surface area contributed by atoms with Crippen molar-refractivity contribution >= 4 is 17.9 Å². The third kappa shape index (κ3) is 2.03. The summed E-state index contributed by atoms with van der Waals surface area (Å²) in [6.45, 7) is 0. The maximum absolute atomic E-state index is 11.0. The second-order valence-corrected chi connectivity index (χ2v) is 3.71. The second-order valence-electron chi connectivity index (χ2n) is 3.35. The number of aldehydes is 1. The van der Waals surface area contributed by atoms with Crippen molar-refractivity contribution in [2.45, 2.75) is 0 Å². The highest BCUT2D eigenvalue weighted by Gasteiger charge is 2.14. The summed E-state index contributed by atoms with van der Waals surface area (Å²) in [5, 5.41) is 9.20. The number of halogens is 1. The van der Waals surface area contributed by atoms with Crippen molar-refractivity contribution in [1.82, 2.24) is 4.98 Å². The summed E-state index contributed by atoms with van der Waals surface area (Å²) in [4.78, 5) is 14.8. The molecule has 2 aromatic rings. The maximum atomic E-state index is 11.0. The van der Waals surface area contributed by atoms with Crippen molar-refractivity contribution in [3.8, 4) is 17.2 Å². The van der Waals surface area contributed by atoms with Crippen LogP contribution in [0.15, 0.2) is 36.5 Å². The van der Waals surface area contributed by atoms with E-state index >= 15 is 0 Å². The summed E-state index contributed by atoms with van der Waals surface area (Å²) in [7, 11) is 0. The van der Waals surface area contributed by atoms with Crippen molar-refractivity contribution in [2.75, 3.05) is 0 Å². The van der Waals surface area contributed by atoms with Gasteiger partial charge in [0, 0.05) is 17.3 Å². The Morgan fingerprint density at radius 1 is 1.29 bits per heavy atom. The minimum Gasteiger partial charge on any atom is -0.298 e. The van der Waals surface area contributed by atoms with Gasteiger partial charge in [-0.2, -0.15) is 5.26 Å². The molecule has 82 valence electrons. The average Bonchev–Trinajstić information content (AvgIpc) is 2.39. The minimum atomic E-state index is 0.108. The number of nitriles is 1. The Bertz CT molecular complexity index is 603. The first kappa shape index (κ1) is 11.3. The lowest BCUT2D eigenvalue weighted by Crippen LogP contribution is -1.95. The van der Waals surface area contributed by atoms with Crippen molar-refractivity contribution in [1.29, 1.82) is 5.26 Å². The Morgan fingerprint density at radius 3 is 2.59 bits per heavy atom. The number of hydrogen-bond donors (Lipinski definition) is 0. The van der Waals surface area contributed by atoms with Crippen LogP contribution < -0.4 is 0 Å². The van der Waals surface area contributed by atoms with Crippen LogP contribution in [0.3, 0.4) is 0 Å². The number of aromatic nitrogens is 1. The van der Waals surface area contributed by atoms with E-state index < -0.39 is 0 Å². The zero-order valence-electron chi connectivity index (χ0n) is 8.72. The number of carbonyl (C=O) groups excluding carboxylic acids is 1. The maximum Gasteiger partial charge on any atom is 0.152 e. The Labute approximate surface area is 103 Å². The molecule has 0 saturated carbocycles. The molecule has 0 saturated heterocycles. The molecule has 0 spiro atoms. The van der Waals surface area contributed by atoms with E-state index in [4.69, 9.17) is 16.9 Å². The van der Waals surface area contributed by atoms with Gasteiger partial charge in [-0.3, -0.25) is 4.79 Å². The number of hydrogen-bond acceptors (Lipinski definition) is 3. The van der Waals surface area contributed by atoms with Crippen LogP contribution in [-0.2, 0) is 0 Å². The van der Waals surface area contributed by atoms with Gasteiger partial charge >= 0.3 is 0 Å². The molecule has 0 fully saturated rings. The highest BCUT2D eigenvalue weighted by molar-refractivity contribution is 6.31.